The summed E-state index contributed by atoms with van der Waals surface area (Å²) in [7, 11) is 4.94. The number of methoxy groups -OCH3 is 3. The molecule has 0 bridgehead atoms. The van der Waals surface area contributed by atoms with E-state index in [0.717, 1.165) is 42.2 Å². The largest absolute Gasteiger partial charge is 0.497 e. The third kappa shape index (κ3) is 5.52. The van der Waals surface area contributed by atoms with E-state index < -0.39 is 0 Å². The predicted octanol–water partition coefficient (Wildman–Crippen LogP) is 4.09. The van der Waals surface area contributed by atoms with E-state index in [1.807, 2.05) is 42.5 Å². The monoisotopic (exact) mass is 416 g/mol. The Morgan fingerprint density at radius 3 is 2.52 bits per heavy atom. The van der Waals surface area contributed by atoms with Gasteiger partial charge in [-0.2, -0.15) is 0 Å². The van der Waals surface area contributed by atoms with Crippen LogP contribution in [0.5, 0.6) is 17.2 Å². The highest BCUT2D eigenvalue weighted by Crippen LogP contribution is 2.32. The molecule has 1 aliphatic heterocycles. The average Bonchev–Trinajstić information content (AvgIpc) is 3.26. The maximum Gasteiger partial charge on any atom is 0.173 e. The molecule has 0 spiro atoms. The van der Waals surface area contributed by atoms with Crippen LogP contribution in [0.3, 0.4) is 0 Å². The third-order valence-electron chi connectivity index (χ3n) is 4.92. The lowest BCUT2D eigenvalue weighted by atomic mass is 10.1. The van der Waals surface area contributed by atoms with E-state index in [1.165, 1.54) is 0 Å². The van der Waals surface area contributed by atoms with Gasteiger partial charge in [0, 0.05) is 30.9 Å². The van der Waals surface area contributed by atoms with Gasteiger partial charge in [0.05, 0.1) is 27.4 Å². The zero-order valence-corrected chi connectivity index (χ0v) is 18.0. The van der Waals surface area contributed by atoms with Crippen molar-refractivity contribution in [2.24, 2.45) is 0 Å². The third-order valence-corrected chi connectivity index (χ3v) is 5.28. The van der Waals surface area contributed by atoms with Crippen LogP contribution in [0, 0.1) is 0 Å². The molecule has 1 heterocycles. The Hall–Kier alpha value is -2.51. The molecule has 1 unspecified atom stereocenters. The summed E-state index contributed by atoms with van der Waals surface area (Å²) in [6.07, 6.45) is 2.29. The Balaban J connectivity index is 1.79. The lowest BCUT2D eigenvalue weighted by Crippen LogP contribution is -2.39. The van der Waals surface area contributed by atoms with E-state index in [4.69, 9.17) is 31.2 Å². The van der Waals surface area contributed by atoms with E-state index >= 15 is 0 Å². The first-order chi connectivity index (χ1) is 14.1. The Kier molecular flexibility index (Phi) is 7.55. The standard InChI is InChI=1S/C22H28N2O4S/c1-25-18-11-9-17(10-12-18)23-22(29)24(15-19-7-5-13-28-19)14-16-6-4-8-20(26-2)21(16)27-3/h4,6,8-12,19H,5,7,13-15H2,1-3H3,(H,23,29). The van der Waals surface area contributed by atoms with Gasteiger partial charge in [0.15, 0.2) is 16.6 Å². The zero-order valence-electron chi connectivity index (χ0n) is 17.1. The van der Waals surface area contributed by atoms with Crippen LogP contribution in [0.25, 0.3) is 0 Å². The van der Waals surface area contributed by atoms with Gasteiger partial charge in [-0.25, -0.2) is 0 Å². The lowest BCUT2D eigenvalue weighted by Gasteiger charge is -2.29. The molecule has 6 nitrogen and oxygen atoms in total. The minimum atomic E-state index is 0.169. The number of hydrogen-bond acceptors (Lipinski definition) is 5. The van der Waals surface area contributed by atoms with Crippen molar-refractivity contribution in [3.63, 3.8) is 0 Å². The van der Waals surface area contributed by atoms with Crippen molar-refractivity contribution in [1.82, 2.24) is 4.90 Å². The normalized spacial score (nSPS) is 15.6. The van der Waals surface area contributed by atoms with Gasteiger partial charge < -0.3 is 29.2 Å². The van der Waals surface area contributed by atoms with E-state index in [1.54, 1.807) is 21.3 Å². The summed E-state index contributed by atoms with van der Waals surface area (Å²) >= 11 is 5.75. The van der Waals surface area contributed by atoms with Gasteiger partial charge in [-0.05, 0) is 55.4 Å². The van der Waals surface area contributed by atoms with E-state index in [-0.39, 0.29) is 6.10 Å². The van der Waals surface area contributed by atoms with E-state index in [0.29, 0.717) is 24.0 Å². The minimum Gasteiger partial charge on any atom is -0.497 e. The van der Waals surface area contributed by atoms with Crippen molar-refractivity contribution in [3.8, 4) is 17.2 Å². The van der Waals surface area contributed by atoms with Gasteiger partial charge in [0.1, 0.15) is 5.75 Å². The number of nitrogens with zero attached hydrogens (tertiary/aromatic N) is 1. The molecule has 2 aromatic rings. The predicted molar refractivity (Wildman–Crippen MR) is 118 cm³/mol. The molecule has 29 heavy (non-hydrogen) atoms. The molecule has 1 saturated heterocycles. The highest BCUT2D eigenvalue weighted by molar-refractivity contribution is 7.80. The van der Waals surface area contributed by atoms with E-state index in [2.05, 4.69) is 10.2 Å². The molecule has 0 amide bonds. The van der Waals surface area contributed by atoms with Crippen molar-refractivity contribution in [2.45, 2.75) is 25.5 Å². The lowest BCUT2D eigenvalue weighted by molar-refractivity contribution is 0.0903. The summed E-state index contributed by atoms with van der Waals surface area (Å²) in [6.45, 7) is 2.10. The number of benzene rings is 2. The number of hydrogen-bond donors (Lipinski definition) is 1. The highest BCUT2D eigenvalue weighted by atomic mass is 32.1. The summed E-state index contributed by atoms with van der Waals surface area (Å²) in [5.41, 5.74) is 1.91. The molecular weight excluding hydrogens is 388 g/mol. The van der Waals surface area contributed by atoms with Gasteiger partial charge in [0.25, 0.3) is 0 Å². The summed E-state index contributed by atoms with van der Waals surface area (Å²) in [4.78, 5) is 2.12. The average molecular weight is 417 g/mol. The molecule has 1 atom stereocenters. The molecular formula is C22H28N2O4S. The Morgan fingerprint density at radius 1 is 1.10 bits per heavy atom. The van der Waals surface area contributed by atoms with Crippen molar-refractivity contribution in [3.05, 3.63) is 48.0 Å². The topological polar surface area (TPSA) is 52.2 Å². The Bertz CT molecular complexity index is 807. The Labute approximate surface area is 177 Å². The van der Waals surface area contributed by atoms with Crippen LogP contribution in [0.15, 0.2) is 42.5 Å². The van der Waals surface area contributed by atoms with Crippen molar-refractivity contribution < 1.29 is 18.9 Å². The second-order valence-corrected chi connectivity index (χ2v) is 7.21. The summed E-state index contributed by atoms with van der Waals surface area (Å²) < 4.78 is 22.1. The van der Waals surface area contributed by atoms with Gasteiger partial charge in [0.2, 0.25) is 0 Å². The SMILES string of the molecule is COc1ccc(NC(=S)N(Cc2cccc(OC)c2OC)CC2CCCO2)cc1. The van der Waals surface area contributed by atoms with Gasteiger partial charge in [-0.15, -0.1) is 0 Å². The quantitative estimate of drug-likeness (QED) is 0.651. The zero-order chi connectivity index (χ0) is 20.6. The van der Waals surface area contributed by atoms with Crippen LogP contribution in [0.1, 0.15) is 18.4 Å². The molecule has 0 saturated carbocycles. The molecule has 0 radical (unpaired) electrons. The second-order valence-electron chi connectivity index (χ2n) is 6.83. The van der Waals surface area contributed by atoms with Crippen LogP contribution < -0.4 is 19.5 Å². The number of para-hydroxylation sites is 1. The Morgan fingerprint density at radius 2 is 1.90 bits per heavy atom. The molecule has 1 N–H and O–H groups in total. The van der Waals surface area contributed by atoms with Crippen LogP contribution in [-0.2, 0) is 11.3 Å². The molecule has 2 aromatic carbocycles. The molecule has 1 aliphatic rings. The molecule has 7 heteroatoms. The number of anilines is 1. The van der Waals surface area contributed by atoms with Crippen LogP contribution >= 0.6 is 12.2 Å². The maximum atomic E-state index is 5.85. The first-order valence-corrected chi connectivity index (χ1v) is 10.1. The van der Waals surface area contributed by atoms with Crippen molar-refractivity contribution in [2.75, 3.05) is 39.8 Å². The molecule has 3 rings (SSSR count). The summed E-state index contributed by atoms with van der Waals surface area (Å²) in [6, 6.07) is 13.6. The van der Waals surface area contributed by atoms with Crippen LogP contribution in [-0.4, -0.2) is 50.6 Å². The fourth-order valence-electron chi connectivity index (χ4n) is 3.41. The number of rotatable bonds is 8. The van der Waals surface area contributed by atoms with Crippen LogP contribution in [0.4, 0.5) is 5.69 Å². The van der Waals surface area contributed by atoms with Gasteiger partial charge in [-0.3, -0.25) is 0 Å². The molecule has 0 aliphatic carbocycles. The second kappa shape index (κ2) is 10.3. The fourth-order valence-corrected chi connectivity index (χ4v) is 3.67. The van der Waals surface area contributed by atoms with Gasteiger partial charge in [-0.1, -0.05) is 12.1 Å². The van der Waals surface area contributed by atoms with Crippen LogP contribution in [0.2, 0.25) is 0 Å². The number of nitrogens with one attached hydrogen (secondary N) is 1. The summed E-state index contributed by atoms with van der Waals surface area (Å²) in [5, 5.41) is 3.96. The maximum absolute atomic E-state index is 5.85. The van der Waals surface area contributed by atoms with Crippen molar-refractivity contribution >= 4 is 23.0 Å². The highest BCUT2D eigenvalue weighted by Gasteiger charge is 2.23. The van der Waals surface area contributed by atoms with Gasteiger partial charge >= 0.3 is 0 Å². The minimum absolute atomic E-state index is 0.169. The smallest absolute Gasteiger partial charge is 0.173 e. The number of ether oxygens (including phenoxy) is 4. The fraction of sp³-hybridized carbons (Fsp3) is 0.409. The molecule has 1 fully saturated rings. The van der Waals surface area contributed by atoms with E-state index in [9.17, 15) is 0 Å². The van der Waals surface area contributed by atoms with Crippen molar-refractivity contribution in [1.29, 1.82) is 0 Å². The first kappa shape index (κ1) is 21.2. The molecule has 156 valence electrons. The first-order valence-electron chi connectivity index (χ1n) is 9.66. The molecule has 0 aromatic heterocycles. The number of thiocarbonyl (C=S) groups is 1. The summed E-state index contributed by atoms with van der Waals surface area (Å²) in [5.74, 6) is 2.23.